The normalized spacial score (nSPS) is 15.8. The van der Waals surface area contributed by atoms with Crippen LogP contribution in [0.2, 0.25) is 0 Å². The number of hydrogen-bond donors (Lipinski definition) is 0. The molecule has 2 rings (SSSR count). The zero-order valence-electron chi connectivity index (χ0n) is 22.7. The van der Waals surface area contributed by atoms with Crippen LogP contribution in [-0.2, 0) is 30.2 Å². The van der Waals surface area contributed by atoms with E-state index in [9.17, 15) is 5.11 Å². The van der Waals surface area contributed by atoms with Crippen molar-refractivity contribution < 1.29 is 104 Å². The van der Waals surface area contributed by atoms with E-state index in [1.165, 1.54) is 26.2 Å². The molecule has 0 N–H and O–H groups in total. The van der Waals surface area contributed by atoms with Gasteiger partial charge in [-0.2, -0.15) is 0 Å². The molecule has 0 aromatic heterocycles. The minimum atomic E-state index is -0.750. The van der Waals surface area contributed by atoms with Crippen LogP contribution in [-0.4, -0.2) is 81.6 Å². The van der Waals surface area contributed by atoms with Crippen LogP contribution in [0, 0.1) is 6.67 Å². The van der Waals surface area contributed by atoms with Gasteiger partial charge in [-0.3, -0.25) is 9.48 Å². The van der Waals surface area contributed by atoms with Crippen LogP contribution in [0.15, 0.2) is 0 Å². The maximum atomic E-state index is 10.1. The van der Waals surface area contributed by atoms with Gasteiger partial charge in [0.2, 0.25) is 6.34 Å². The molecule has 5 nitrogen and oxygen atoms in total. The molecule has 1 saturated heterocycles. The Kier molecular flexibility index (Phi) is 36.8. The molecule has 1 fully saturated rings. The maximum Gasteiger partial charge on any atom is 1.00 e. The first-order valence-electron chi connectivity index (χ1n) is 10.9. The third kappa shape index (κ3) is 27.7. The maximum absolute atomic E-state index is 10.1. The summed E-state index contributed by atoms with van der Waals surface area (Å²) in [7, 11) is 8.40. The van der Waals surface area contributed by atoms with Crippen molar-refractivity contribution in [2.24, 2.45) is 0 Å². The van der Waals surface area contributed by atoms with Gasteiger partial charge in [0.25, 0.3) is 0 Å². The molecule has 0 amide bonds. The van der Waals surface area contributed by atoms with E-state index >= 15 is 0 Å². The van der Waals surface area contributed by atoms with E-state index in [0.29, 0.717) is 24.2 Å². The molecule has 0 aromatic carbocycles. The van der Waals surface area contributed by atoms with Crippen LogP contribution >= 0.6 is 20.2 Å². The van der Waals surface area contributed by atoms with Gasteiger partial charge in [-0.1, -0.05) is 48.5 Å². The van der Waals surface area contributed by atoms with Crippen LogP contribution in [0.3, 0.4) is 0 Å². The summed E-state index contributed by atoms with van der Waals surface area (Å²) >= 11 is 7.32. The molecule has 0 saturated carbocycles. The summed E-state index contributed by atoms with van der Waals surface area (Å²) in [6, 6.07) is 2.61. The first-order chi connectivity index (χ1) is 14.2. The average Bonchev–Trinajstić information content (AvgIpc) is 3.34. The van der Waals surface area contributed by atoms with Crippen molar-refractivity contribution in [2.45, 2.75) is 106 Å². The van der Waals surface area contributed by atoms with Crippen molar-refractivity contribution in [2.75, 3.05) is 26.2 Å². The molecule has 2 heterocycles. The summed E-state index contributed by atoms with van der Waals surface area (Å²) in [6.07, 6.45) is 2.26. The van der Waals surface area contributed by atoms with Gasteiger partial charge in [0, 0.05) is 0 Å². The molecular formula is C22H47Cl3Cu2KN4O. The number of hydrogen-bond acceptors (Lipinski definition) is 4. The third-order valence-corrected chi connectivity index (χ3v) is 4.48. The van der Waals surface area contributed by atoms with Crippen molar-refractivity contribution in [3.63, 3.8) is 0 Å². The molecular weight excluding hydrogens is 609 g/mol. The first kappa shape index (κ1) is 45.8. The third-order valence-electron chi connectivity index (χ3n) is 4.48. The fraction of sp³-hybridized carbons (Fsp3) is 0.909. The molecule has 11 heteroatoms. The van der Waals surface area contributed by atoms with E-state index in [1.807, 2.05) is 0 Å². The topological polar surface area (TPSA) is 35.8 Å². The average molecular weight is 656 g/mol. The first-order valence-corrected chi connectivity index (χ1v) is 13.5. The standard InChI is InChI=1S/2C9H19N2.C4H9O.3ClH.2Cu.K/c2*1-8(2)10-5-6-11(7-10)9(3)4;1-4(2,3)5;;;;;;/h2*7-9H,5-6H2,1-4H3;1-3H3;3*1H;;;/q-1;+1;-1;;;;+1;+2;+1/p-3. The van der Waals surface area contributed by atoms with E-state index in [1.54, 1.807) is 20.8 Å². The Hall–Kier alpha value is 2.90. The quantitative estimate of drug-likeness (QED) is 0.204. The van der Waals surface area contributed by atoms with E-state index in [2.05, 4.69) is 138 Å². The van der Waals surface area contributed by atoms with Crippen molar-refractivity contribution in [3.8, 4) is 0 Å². The SMILES string of the molecule is CC(C)(C)[O-].CC(C)N1C=[N+](C(C)C)CC1.CC(C)N1[CH-]N(C(C)C)CC1.[Cl-].[Cl][Cu+].[Cl][Cu].[K+]. The van der Waals surface area contributed by atoms with Gasteiger partial charge < -0.3 is 27.3 Å². The molecule has 2 aliphatic heterocycles. The van der Waals surface area contributed by atoms with Gasteiger partial charge in [0.1, 0.15) is 13.1 Å². The van der Waals surface area contributed by atoms with Crippen molar-refractivity contribution in [1.29, 1.82) is 0 Å². The summed E-state index contributed by atoms with van der Waals surface area (Å²) in [5, 5.41) is 10.1. The van der Waals surface area contributed by atoms with Gasteiger partial charge in [-0.25, -0.2) is 6.67 Å². The number of halogens is 3. The van der Waals surface area contributed by atoms with E-state index in [-0.39, 0.29) is 63.8 Å². The Morgan fingerprint density at radius 3 is 1.36 bits per heavy atom. The molecule has 0 bridgehead atoms. The molecule has 0 aliphatic carbocycles. The van der Waals surface area contributed by atoms with Gasteiger partial charge in [0.05, 0.1) is 12.1 Å². The minimum absolute atomic E-state index is 0. The molecule has 33 heavy (non-hydrogen) atoms. The number of rotatable bonds is 4. The molecule has 0 radical (unpaired) electrons. The van der Waals surface area contributed by atoms with Crippen molar-refractivity contribution in [1.82, 2.24) is 14.7 Å². The van der Waals surface area contributed by atoms with Gasteiger partial charge >= 0.3 is 102 Å². The smallest absolute Gasteiger partial charge is 1.00 e. The molecule has 0 aromatic rings. The van der Waals surface area contributed by atoms with E-state index in [0.717, 1.165) is 0 Å². The monoisotopic (exact) mass is 653 g/mol. The molecule has 205 valence electrons. The van der Waals surface area contributed by atoms with Gasteiger partial charge in [-0.05, 0) is 52.9 Å². The summed E-state index contributed by atoms with van der Waals surface area (Å²) in [6.45, 7) is 29.8. The van der Waals surface area contributed by atoms with E-state index in [4.69, 9.17) is 0 Å². The fourth-order valence-corrected chi connectivity index (χ4v) is 2.64. The second kappa shape index (κ2) is 26.5. The number of nitrogens with zero attached hydrogens (tertiary/aromatic N) is 4. The Morgan fingerprint density at radius 1 is 0.879 bits per heavy atom. The zero-order chi connectivity index (χ0) is 25.4. The van der Waals surface area contributed by atoms with Crippen LogP contribution < -0.4 is 68.9 Å². The van der Waals surface area contributed by atoms with Crippen LogP contribution in [0.1, 0.15) is 76.2 Å². The summed E-state index contributed by atoms with van der Waals surface area (Å²) < 4.78 is 2.39. The summed E-state index contributed by atoms with van der Waals surface area (Å²) in [4.78, 5) is 7.17. The Morgan fingerprint density at radius 2 is 1.21 bits per heavy atom. The molecule has 0 atom stereocenters. The summed E-state index contributed by atoms with van der Waals surface area (Å²) in [5.41, 5.74) is -0.750. The Labute approximate surface area is 280 Å². The van der Waals surface area contributed by atoms with Crippen molar-refractivity contribution in [3.05, 3.63) is 6.67 Å². The largest absolute Gasteiger partial charge is 1.00 e. The Bertz CT molecular complexity index is 436. The van der Waals surface area contributed by atoms with Gasteiger partial charge in [-0.15, -0.1) is 5.60 Å². The van der Waals surface area contributed by atoms with Gasteiger partial charge in [0.15, 0.2) is 0 Å². The van der Waals surface area contributed by atoms with Crippen molar-refractivity contribution >= 4 is 26.5 Å². The van der Waals surface area contributed by atoms with Crippen LogP contribution in [0.5, 0.6) is 0 Å². The van der Waals surface area contributed by atoms with E-state index < -0.39 is 5.60 Å². The van der Waals surface area contributed by atoms with Crippen LogP contribution in [0.4, 0.5) is 0 Å². The molecule has 2 aliphatic rings. The Balaban J connectivity index is -0.000000113. The second-order valence-electron chi connectivity index (χ2n) is 9.67. The van der Waals surface area contributed by atoms with Crippen LogP contribution in [0.25, 0.3) is 0 Å². The predicted octanol–water partition coefficient (Wildman–Crippen LogP) is -1.77. The minimum Gasteiger partial charge on any atom is 1.00 e. The second-order valence-corrected chi connectivity index (χ2v) is 9.67. The predicted molar refractivity (Wildman–Crippen MR) is 128 cm³/mol. The fourth-order valence-electron chi connectivity index (χ4n) is 2.64. The molecule has 0 unspecified atom stereocenters. The summed E-state index contributed by atoms with van der Waals surface area (Å²) in [5.74, 6) is 0. The zero-order valence-corrected chi connectivity index (χ0v) is 30.0. The molecule has 0 spiro atoms.